The highest BCUT2D eigenvalue weighted by Gasteiger charge is 2.18. The first-order valence-electron chi connectivity index (χ1n) is 6.18. The van der Waals surface area contributed by atoms with Crippen LogP contribution in [0.25, 0.3) is 0 Å². The second-order valence-corrected chi connectivity index (χ2v) is 4.89. The van der Waals surface area contributed by atoms with Crippen LogP contribution in [0.3, 0.4) is 0 Å². The molecule has 96 valence electrons. The number of halogens is 1. The van der Waals surface area contributed by atoms with Gasteiger partial charge in [-0.2, -0.15) is 0 Å². The molecule has 1 aromatic rings. The van der Waals surface area contributed by atoms with Gasteiger partial charge in [0.2, 0.25) is 0 Å². The van der Waals surface area contributed by atoms with Crippen molar-refractivity contribution >= 4 is 12.4 Å². The summed E-state index contributed by atoms with van der Waals surface area (Å²) in [5.74, 6) is 0. The van der Waals surface area contributed by atoms with Crippen LogP contribution in [-0.2, 0) is 6.54 Å². The average molecular weight is 255 g/mol. The Bertz CT molecular complexity index is 345. The van der Waals surface area contributed by atoms with Crippen LogP contribution in [0, 0.1) is 13.8 Å². The van der Waals surface area contributed by atoms with Gasteiger partial charge < -0.3 is 5.32 Å². The summed E-state index contributed by atoms with van der Waals surface area (Å²) in [6, 6.07) is 7.23. The van der Waals surface area contributed by atoms with Gasteiger partial charge in [-0.1, -0.05) is 18.2 Å². The smallest absolute Gasteiger partial charge is 0.0242 e. The molecule has 0 amide bonds. The van der Waals surface area contributed by atoms with Crippen LogP contribution in [0.4, 0.5) is 0 Å². The molecule has 2 nitrogen and oxygen atoms in total. The van der Waals surface area contributed by atoms with Gasteiger partial charge in [0.25, 0.3) is 0 Å². The average Bonchev–Trinajstić information content (AvgIpc) is 2.26. The zero-order valence-corrected chi connectivity index (χ0v) is 11.8. The van der Waals surface area contributed by atoms with Crippen LogP contribution in [-0.4, -0.2) is 30.6 Å². The van der Waals surface area contributed by atoms with Crippen molar-refractivity contribution in [1.29, 1.82) is 0 Å². The number of nitrogens with one attached hydrogen (secondary N) is 1. The fraction of sp³-hybridized carbons (Fsp3) is 0.571. The maximum Gasteiger partial charge on any atom is 0.0242 e. The molecule has 1 aromatic carbocycles. The predicted octanol–water partition coefficient (Wildman–Crippen LogP) is 2.52. The van der Waals surface area contributed by atoms with Gasteiger partial charge in [-0.15, -0.1) is 12.4 Å². The number of benzene rings is 1. The highest BCUT2D eigenvalue weighted by Crippen LogP contribution is 2.17. The van der Waals surface area contributed by atoms with Crippen LogP contribution < -0.4 is 5.32 Å². The van der Waals surface area contributed by atoms with Gasteiger partial charge in [-0.3, -0.25) is 4.90 Å². The van der Waals surface area contributed by atoms with Gasteiger partial charge in [0, 0.05) is 32.2 Å². The van der Waals surface area contributed by atoms with E-state index in [0.29, 0.717) is 6.04 Å². The largest absolute Gasteiger partial charge is 0.314 e. The van der Waals surface area contributed by atoms with E-state index in [0.717, 1.165) is 26.2 Å². The first-order chi connectivity index (χ1) is 7.68. The molecule has 0 radical (unpaired) electrons. The minimum Gasteiger partial charge on any atom is -0.314 e. The Kier molecular flexibility index (Phi) is 5.44. The SMILES string of the molecule is Cc1cccc(C)c1CN1CCNC[C@@H]1C.Cl. The normalized spacial score (nSPS) is 21.0. The molecule has 1 atom stereocenters. The van der Waals surface area contributed by atoms with E-state index in [2.05, 4.69) is 49.2 Å². The predicted molar refractivity (Wildman–Crippen MR) is 75.9 cm³/mol. The highest BCUT2D eigenvalue weighted by atomic mass is 35.5. The van der Waals surface area contributed by atoms with Gasteiger partial charge in [-0.05, 0) is 37.5 Å². The Morgan fingerprint density at radius 1 is 1.29 bits per heavy atom. The summed E-state index contributed by atoms with van der Waals surface area (Å²) in [4.78, 5) is 2.58. The van der Waals surface area contributed by atoms with Crippen molar-refractivity contribution in [3.63, 3.8) is 0 Å². The molecule has 0 saturated carbocycles. The molecule has 0 unspecified atom stereocenters. The third-order valence-electron chi connectivity index (χ3n) is 3.64. The minimum absolute atomic E-state index is 0. The molecule has 1 aliphatic heterocycles. The van der Waals surface area contributed by atoms with E-state index >= 15 is 0 Å². The van der Waals surface area contributed by atoms with E-state index in [4.69, 9.17) is 0 Å². The molecule has 1 heterocycles. The maximum absolute atomic E-state index is 3.44. The number of nitrogens with zero attached hydrogens (tertiary/aromatic N) is 1. The Hall–Kier alpha value is -0.570. The fourth-order valence-electron chi connectivity index (χ4n) is 2.42. The number of aryl methyl sites for hydroxylation is 2. The van der Waals surface area contributed by atoms with E-state index in [9.17, 15) is 0 Å². The molecule has 1 aliphatic rings. The van der Waals surface area contributed by atoms with Crippen molar-refractivity contribution in [2.75, 3.05) is 19.6 Å². The summed E-state index contributed by atoms with van der Waals surface area (Å²) in [6.07, 6.45) is 0. The monoisotopic (exact) mass is 254 g/mol. The quantitative estimate of drug-likeness (QED) is 0.873. The van der Waals surface area contributed by atoms with E-state index < -0.39 is 0 Å². The van der Waals surface area contributed by atoms with Crippen molar-refractivity contribution in [2.24, 2.45) is 0 Å². The zero-order chi connectivity index (χ0) is 11.5. The third-order valence-corrected chi connectivity index (χ3v) is 3.64. The van der Waals surface area contributed by atoms with E-state index in [1.54, 1.807) is 0 Å². The Morgan fingerprint density at radius 3 is 2.53 bits per heavy atom. The molecule has 3 heteroatoms. The second-order valence-electron chi connectivity index (χ2n) is 4.89. The van der Waals surface area contributed by atoms with Crippen LogP contribution in [0.1, 0.15) is 23.6 Å². The highest BCUT2D eigenvalue weighted by molar-refractivity contribution is 5.85. The number of hydrogen-bond acceptors (Lipinski definition) is 2. The Labute approximate surface area is 111 Å². The molecule has 1 fully saturated rings. The Morgan fingerprint density at radius 2 is 1.94 bits per heavy atom. The van der Waals surface area contributed by atoms with Crippen molar-refractivity contribution in [3.05, 3.63) is 34.9 Å². The number of piperazine rings is 1. The molecule has 1 saturated heterocycles. The van der Waals surface area contributed by atoms with Gasteiger partial charge in [0.05, 0.1) is 0 Å². The van der Waals surface area contributed by atoms with Crippen LogP contribution in [0.2, 0.25) is 0 Å². The summed E-state index contributed by atoms with van der Waals surface area (Å²) < 4.78 is 0. The standard InChI is InChI=1S/C14H22N2.ClH/c1-11-5-4-6-12(2)14(11)10-16-8-7-15-9-13(16)3;/h4-6,13,15H,7-10H2,1-3H3;1H/t13-;/m0./s1. The van der Waals surface area contributed by atoms with Crippen molar-refractivity contribution < 1.29 is 0 Å². The molecular weight excluding hydrogens is 232 g/mol. The van der Waals surface area contributed by atoms with Crippen LogP contribution in [0.15, 0.2) is 18.2 Å². The van der Waals surface area contributed by atoms with Crippen molar-refractivity contribution in [2.45, 2.75) is 33.4 Å². The maximum atomic E-state index is 3.44. The van der Waals surface area contributed by atoms with E-state index in [-0.39, 0.29) is 12.4 Å². The third kappa shape index (κ3) is 3.44. The summed E-state index contributed by atoms with van der Waals surface area (Å²) >= 11 is 0. The molecule has 0 aromatic heterocycles. The number of rotatable bonds is 2. The lowest BCUT2D eigenvalue weighted by molar-refractivity contribution is 0.165. The van der Waals surface area contributed by atoms with Crippen molar-refractivity contribution in [1.82, 2.24) is 10.2 Å². The summed E-state index contributed by atoms with van der Waals surface area (Å²) in [7, 11) is 0. The van der Waals surface area contributed by atoms with Gasteiger partial charge in [0.1, 0.15) is 0 Å². The minimum atomic E-state index is 0. The first-order valence-corrected chi connectivity index (χ1v) is 6.18. The molecule has 0 spiro atoms. The van der Waals surface area contributed by atoms with Gasteiger partial charge in [0.15, 0.2) is 0 Å². The Balaban J connectivity index is 0.00000144. The lowest BCUT2D eigenvalue weighted by Gasteiger charge is -2.34. The van der Waals surface area contributed by atoms with Gasteiger partial charge >= 0.3 is 0 Å². The molecule has 1 N–H and O–H groups in total. The lowest BCUT2D eigenvalue weighted by atomic mass is 10.0. The van der Waals surface area contributed by atoms with Crippen molar-refractivity contribution in [3.8, 4) is 0 Å². The second kappa shape index (κ2) is 6.39. The molecule has 0 aliphatic carbocycles. The summed E-state index contributed by atoms with van der Waals surface area (Å²) in [5, 5.41) is 3.44. The van der Waals surface area contributed by atoms with E-state index in [1.165, 1.54) is 16.7 Å². The molecular formula is C14H23ClN2. The van der Waals surface area contributed by atoms with E-state index in [1.807, 2.05) is 0 Å². The lowest BCUT2D eigenvalue weighted by Crippen LogP contribution is -2.49. The number of hydrogen-bond donors (Lipinski definition) is 1. The topological polar surface area (TPSA) is 15.3 Å². The zero-order valence-electron chi connectivity index (χ0n) is 11.0. The van der Waals surface area contributed by atoms with Gasteiger partial charge in [-0.25, -0.2) is 0 Å². The van der Waals surface area contributed by atoms with Crippen LogP contribution >= 0.6 is 12.4 Å². The molecule has 2 rings (SSSR count). The summed E-state index contributed by atoms with van der Waals surface area (Å²) in [5.41, 5.74) is 4.35. The fourth-order valence-corrected chi connectivity index (χ4v) is 2.42. The first kappa shape index (κ1) is 14.5. The molecule has 0 bridgehead atoms. The molecule has 17 heavy (non-hydrogen) atoms. The van der Waals surface area contributed by atoms with Crippen LogP contribution in [0.5, 0.6) is 0 Å². The summed E-state index contributed by atoms with van der Waals surface area (Å²) in [6.45, 7) is 11.2.